The zero-order valence-electron chi connectivity index (χ0n) is 10.4. The third-order valence-corrected chi connectivity index (χ3v) is 2.14. The topological polar surface area (TPSA) is 59.6 Å². The van der Waals surface area contributed by atoms with Crippen molar-refractivity contribution in [1.82, 2.24) is 5.32 Å². The second-order valence-electron chi connectivity index (χ2n) is 3.50. The zero-order valence-corrected chi connectivity index (χ0v) is 11.2. The highest BCUT2D eigenvalue weighted by Gasteiger charge is 2.01. The van der Waals surface area contributed by atoms with E-state index in [0.29, 0.717) is 19.0 Å². The third-order valence-electron chi connectivity index (χ3n) is 1.94. The Morgan fingerprint density at radius 1 is 1.39 bits per heavy atom. The van der Waals surface area contributed by atoms with E-state index < -0.39 is 0 Å². The van der Waals surface area contributed by atoms with E-state index in [1.807, 2.05) is 18.2 Å². The summed E-state index contributed by atoms with van der Waals surface area (Å²) < 4.78 is 10.3. The number of thiocarbonyl (C=S) groups is 1. The van der Waals surface area contributed by atoms with Crippen molar-refractivity contribution in [3.05, 3.63) is 24.3 Å². The van der Waals surface area contributed by atoms with Crippen molar-refractivity contribution in [2.45, 2.75) is 6.92 Å². The number of hydrogen-bond donors (Lipinski definition) is 2. The van der Waals surface area contributed by atoms with Crippen molar-refractivity contribution in [3.63, 3.8) is 0 Å². The van der Waals surface area contributed by atoms with Gasteiger partial charge in [-0.25, -0.2) is 0 Å². The number of carbonyl (C=O) groups excluding carboxylic acids is 1. The van der Waals surface area contributed by atoms with Crippen molar-refractivity contribution in [2.75, 3.05) is 25.6 Å². The van der Waals surface area contributed by atoms with Crippen LogP contribution in [-0.2, 0) is 9.53 Å². The van der Waals surface area contributed by atoms with Crippen LogP contribution in [0.3, 0.4) is 0 Å². The first-order valence-corrected chi connectivity index (χ1v) is 5.83. The molecule has 0 spiro atoms. The molecule has 0 aromatic heterocycles. The fourth-order valence-corrected chi connectivity index (χ4v) is 1.49. The lowest BCUT2D eigenvalue weighted by Gasteiger charge is -2.10. The number of ether oxygens (including phenoxy) is 2. The maximum absolute atomic E-state index is 10.8. The normalized spacial score (nSPS) is 9.67. The summed E-state index contributed by atoms with van der Waals surface area (Å²) in [6, 6.07) is 7.30. The molecule has 18 heavy (non-hydrogen) atoms. The number of amides is 1. The highest BCUT2D eigenvalue weighted by molar-refractivity contribution is 7.80. The van der Waals surface area contributed by atoms with Gasteiger partial charge in [-0.3, -0.25) is 4.79 Å². The fourth-order valence-electron chi connectivity index (χ4n) is 1.23. The van der Waals surface area contributed by atoms with E-state index in [2.05, 4.69) is 10.6 Å². The lowest BCUT2D eigenvalue weighted by molar-refractivity contribution is -0.117. The molecule has 0 heterocycles. The van der Waals surface area contributed by atoms with Gasteiger partial charge < -0.3 is 20.1 Å². The number of benzene rings is 1. The standard InChI is InChI=1S/C12H16N2O3S/c1-9(15)13-12(18)14-10-4-3-5-11(8-10)17-7-6-16-2/h3-5,8H,6-7H2,1-2H3,(H2,13,14,15,18). The van der Waals surface area contributed by atoms with E-state index in [-0.39, 0.29) is 11.0 Å². The Bertz CT molecular complexity index is 424. The summed E-state index contributed by atoms with van der Waals surface area (Å²) >= 11 is 4.96. The average Bonchev–Trinajstić information content (AvgIpc) is 2.28. The second kappa shape index (κ2) is 7.62. The molecule has 98 valence electrons. The van der Waals surface area contributed by atoms with Crippen molar-refractivity contribution in [2.24, 2.45) is 0 Å². The van der Waals surface area contributed by atoms with Gasteiger partial charge in [-0.15, -0.1) is 0 Å². The van der Waals surface area contributed by atoms with Crippen molar-refractivity contribution in [3.8, 4) is 5.75 Å². The summed E-state index contributed by atoms with van der Waals surface area (Å²) in [4.78, 5) is 10.8. The first-order valence-electron chi connectivity index (χ1n) is 5.42. The molecule has 1 aromatic carbocycles. The van der Waals surface area contributed by atoms with E-state index in [4.69, 9.17) is 21.7 Å². The summed E-state index contributed by atoms with van der Waals surface area (Å²) in [5, 5.41) is 5.64. The van der Waals surface area contributed by atoms with Crippen molar-refractivity contribution in [1.29, 1.82) is 0 Å². The molecule has 6 heteroatoms. The molecular weight excluding hydrogens is 252 g/mol. The predicted octanol–water partition coefficient (Wildman–Crippen LogP) is 1.54. The van der Waals surface area contributed by atoms with Crippen LogP contribution in [0.1, 0.15) is 6.92 Å². The molecule has 1 aromatic rings. The van der Waals surface area contributed by atoms with E-state index in [1.54, 1.807) is 13.2 Å². The Hall–Kier alpha value is -1.66. The molecule has 0 saturated carbocycles. The Morgan fingerprint density at radius 2 is 2.17 bits per heavy atom. The summed E-state index contributed by atoms with van der Waals surface area (Å²) in [7, 11) is 1.62. The van der Waals surface area contributed by atoms with Gasteiger partial charge in [0.15, 0.2) is 5.11 Å². The summed E-state index contributed by atoms with van der Waals surface area (Å²) in [6.45, 7) is 2.41. The van der Waals surface area contributed by atoms with Gasteiger partial charge in [0.1, 0.15) is 12.4 Å². The van der Waals surface area contributed by atoms with Crippen LogP contribution < -0.4 is 15.4 Å². The predicted molar refractivity (Wildman–Crippen MR) is 73.9 cm³/mol. The van der Waals surface area contributed by atoms with Crippen LogP contribution in [0.15, 0.2) is 24.3 Å². The molecule has 0 atom stereocenters. The van der Waals surface area contributed by atoms with Gasteiger partial charge in [0.2, 0.25) is 5.91 Å². The Morgan fingerprint density at radius 3 is 2.83 bits per heavy atom. The summed E-state index contributed by atoms with van der Waals surface area (Å²) in [5.74, 6) is 0.502. The van der Waals surface area contributed by atoms with Crippen molar-refractivity contribution >= 4 is 28.9 Å². The molecule has 1 amide bonds. The Balaban J connectivity index is 2.53. The lowest BCUT2D eigenvalue weighted by Crippen LogP contribution is -2.32. The highest BCUT2D eigenvalue weighted by Crippen LogP contribution is 2.17. The lowest BCUT2D eigenvalue weighted by atomic mass is 10.3. The Labute approximate surface area is 111 Å². The molecule has 0 aliphatic rings. The molecule has 0 radical (unpaired) electrons. The first-order chi connectivity index (χ1) is 8.61. The molecule has 1 rings (SSSR count). The zero-order chi connectivity index (χ0) is 13.4. The van der Waals surface area contributed by atoms with E-state index in [0.717, 1.165) is 5.69 Å². The van der Waals surface area contributed by atoms with Crippen LogP contribution in [0.2, 0.25) is 0 Å². The minimum absolute atomic E-state index is 0.208. The molecule has 0 saturated heterocycles. The molecule has 5 nitrogen and oxygen atoms in total. The monoisotopic (exact) mass is 268 g/mol. The molecule has 0 unspecified atom stereocenters. The van der Waals surface area contributed by atoms with Gasteiger partial charge in [0, 0.05) is 25.8 Å². The maximum Gasteiger partial charge on any atom is 0.222 e. The van der Waals surface area contributed by atoms with Gasteiger partial charge >= 0.3 is 0 Å². The maximum atomic E-state index is 10.8. The van der Waals surface area contributed by atoms with Crippen LogP contribution >= 0.6 is 12.2 Å². The molecule has 0 aliphatic carbocycles. The first kappa shape index (κ1) is 14.4. The fraction of sp³-hybridized carbons (Fsp3) is 0.333. The van der Waals surface area contributed by atoms with Crippen LogP contribution in [0.5, 0.6) is 5.75 Å². The SMILES string of the molecule is COCCOc1cccc(NC(=S)NC(C)=O)c1. The van der Waals surface area contributed by atoms with E-state index in [9.17, 15) is 4.79 Å². The van der Waals surface area contributed by atoms with Crippen molar-refractivity contribution < 1.29 is 14.3 Å². The minimum Gasteiger partial charge on any atom is -0.491 e. The smallest absolute Gasteiger partial charge is 0.222 e. The van der Waals surface area contributed by atoms with Crippen LogP contribution in [-0.4, -0.2) is 31.3 Å². The number of hydrogen-bond acceptors (Lipinski definition) is 4. The van der Waals surface area contributed by atoms with E-state index in [1.165, 1.54) is 6.92 Å². The van der Waals surface area contributed by atoms with Gasteiger partial charge in [0.05, 0.1) is 6.61 Å². The number of methoxy groups -OCH3 is 1. The molecule has 0 fully saturated rings. The highest BCUT2D eigenvalue weighted by atomic mass is 32.1. The quantitative estimate of drug-likeness (QED) is 0.626. The molecular formula is C12H16N2O3S. The van der Waals surface area contributed by atoms with Crippen LogP contribution in [0, 0.1) is 0 Å². The number of nitrogens with one attached hydrogen (secondary N) is 2. The molecule has 0 bridgehead atoms. The van der Waals surface area contributed by atoms with Crippen LogP contribution in [0.4, 0.5) is 5.69 Å². The van der Waals surface area contributed by atoms with Gasteiger partial charge in [-0.2, -0.15) is 0 Å². The molecule has 2 N–H and O–H groups in total. The van der Waals surface area contributed by atoms with Crippen LogP contribution in [0.25, 0.3) is 0 Å². The van der Waals surface area contributed by atoms with Gasteiger partial charge in [-0.1, -0.05) is 6.07 Å². The number of anilines is 1. The second-order valence-corrected chi connectivity index (χ2v) is 3.91. The average molecular weight is 268 g/mol. The Kier molecular flexibility index (Phi) is 6.10. The van der Waals surface area contributed by atoms with Gasteiger partial charge in [-0.05, 0) is 24.4 Å². The summed E-state index contributed by atoms with van der Waals surface area (Å²) in [6.07, 6.45) is 0. The number of rotatable bonds is 5. The molecule has 0 aliphatic heterocycles. The minimum atomic E-state index is -0.208. The third kappa shape index (κ3) is 5.60. The van der Waals surface area contributed by atoms with E-state index >= 15 is 0 Å². The largest absolute Gasteiger partial charge is 0.491 e. The summed E-state index contributed by atoms with van der Waals surface area (Å²) in [5.41, 5.74) is 0.753. The van der Waals surface area contributed by atoms with Gasteiger partial charge in [0.25, 0.3) is 0 Å². The number of carbonyl (C=O) groups is 1.